The van der Waals surface area contributed by atoms with Crippen LogP contribution in [0.5, 0.6) is 0 Å². The van der Waals surface area contributed by atoms with Gasteiger partial charge in [-0.05, 0) is 13.1 Å². The predicted molar refractivity (Wildman–Crippen MR) is 76.7 cm³/mol. The van der Waals surface area contributed by atoms with Crippen molar-refractivity contribution in [3.05, 3.63) is 30.0 Å². The van der Waals surface area contributed by atoms with E-state index in [0.717, 1.165) is 23.1 Å². The average molecular weight is 273 g/mol. The van der Waals surface area contributed by atoms with Crippen LogP contribution in [0.25, 0.3) is 10.9 Å². The lowest BCUT2D eigenvalue weighted by atomic mass is 10.1. The molecule has 2 aromatic rings. The number of ketones is 1. The smallest absolute Gasteiger partial charge is 0.168 e. The number of likely N-dealkylation sites (N-methyl/N-ethyl adjacent to an activating group) is 1. The van der Waals surface area contributed by atoms with Crippen molar-refractivity contribution < 1.29 is 9.53 Å². The van der Waals surface area contributed by atoms with E-state index in [9.17, 15) is 4.79 Å². The molecule has 0 radical (unpaired) electrons. The SMILES string of the molecule is CN1CCOC(C(=O)Cc2nn(C)c3ccccc23)C1. The summed E-state index contributed by atoms with van der Waals surface area (Å²) in [5.74, 6) is 0.111. The molecule has 1 aromatic carbocycles. The Morgan fingerprint density at radius 2 is 2.20 bits per heavy atom. The molecule has 3 rings (SSSR count). The highest BCUT2D eigenvalue weighted by atomic mass is 16.5. The van der Waals surface area contributed by atoms with Gasteiger partial charge >= 0.3 is 0 Å². The maximum absolute atomic E-state index is 12.4. The highest BCUT2D eigenvalue weighted by Crippen LogP contribution is 2.19. The van der Waals surface area contributed by atoms with Crippen LogP contribution in [0.2, 0.25) is 0 Å². The molecule has 1 aliphatic rings. The highest BCUT2D eigenvalue weighted by molar-refractivity contribution is 5.90. The molecular weight excluding hydrogens is 254 g/mol. The number of para-hydroxylation sites is 1. The molecule has 1 saturated heterocycles. The number of rotatable bonds is 3. The first kappa shape index (κ1) is 13.3. The number of morpholine rings is 1. The van der Waals surface area contributed by atoms with Crippen LogP contribution in [0.1, 0.15) is 5.69 Å². The number of aryl methyl sites for hydroxylation is 1. The maximum atomic E-state index is 12.4. The number of nitrogens with zero attached hydrogens (tertiary/aromatic N) is 3. The maximum Gasteiger partial charge on any atom is 0.168 e. The van der Waals surface area contributed by atoms with Gasteiger partial charge in [-0.25, -0.2) is 0 Å². The number of carbonyl (C=O) groups excluding carboxylic acids is 1. The first-order chi connectivity index (χ1) is 9.65. The Labute approximate surface area is 118 Å². The summed E-state index contributed by atoms with van der Waals surface area (Å²) in [4.78, 5) is 14.5. The van der Waals surface area contributed by atoms with Gasteiger partial charge in [0.15, 0.2) is 5.78 Å². The molecule has 0 saturated carbocycles. The minimum atomic E-state index is -0.325. The van der Waals surface area contributed by atoms with Crippen molar-refractivity contribution >= 4 is 16.7 Å². The summed E-state index contributed by atoms with van der Waals surface area (Å²) in [6.07, 6.45) is 0.00867. The van der Waals surface area contributed by atoms with Crippen LogP contribution >= 0.6 is 0 Å². The Morgan fingerprint density at radius 3 is 3.00 bits per heavy atom. The van der Waals surface area contributed by atoms with E-state index in [-0.39, 0.29) is 11.9 Å². The molecule has 106 valence electrons. The molecular formula is C15H19N3O2. The fourth-order valence-electron chi connectivity index (χ4n) is 2.67. The number of benzene rings is 1. The Balaban J connectivity index is 1.81. The Kier molecular flexibility index (Phi) is 3.54. The largest absolute Gasteiger partial charge is 0.368 e. The number of carbonyl (C=O) groups is 1. The number of hydrogen-bond acceptors (Lipinski definition) is 4. The number of hydrogen-bond donors (Lipinski definition) is 0. The number of aromatic nitrogens is 2. The Bertz CT molecular complexity index is 635. The second-order valence-electron chi connectivity index (χ2n) is 5.35. The van der Waals surface area contributed by atoms with E-state index < -0.39 is 0 Å². The first-order valence-corrected chi connectivity index (χ1v) is 6.88. The van der Waals surface area contributed by atoms with Gasteiger partial charge < -0.3 is 9.64 Å². The normalized spacial score (nSPS) is 20.4. The van der Waals surface area contributed by atoms with Gasteiger partial charge in [0.2, 0.25) is 0 Å². The van der Waals surface area contributed by atoms with Crippen LogP contribution in [-0.4, -0.2) is 53.3 Å². The second-order valence-corrected chi connectivity index (χ2v) is 5.35. The second kappa shape index (κ2) is 5.34. The fraction of sp³-hybridized carbons (Fsp3) is 0.467. The molecule has 2 heterocycles. The molecule has 20 heavy (non-hydrogen) atoms. The van der Waals surface area contributed by atoms with Crippen molar-refractivity contribution in [2.75, 3.05) is 26.7 Å². The number of Topliss-reactive ketones (excluding diaryl/α,β-unsaturated/α-hetero) is 1. The van der Waals surface area contributed by atoms with E-state index in [0.29, 0.717) is 19.6 Å². The summed E-state index contributed by atoms with van der Waals surface area (Å²) in [5, 5.41) is 5.52. The summed E-state index contributed by atoms with van der Waals surface area (Å²) in [6, 6.07) is 7.98. The van der Waals surface area contributed by atoms with Gasteiger partial charge in [0.1, 0.15) is 6.10 Å². The lowest BCUT2D eigenvalue weighted by Gasteiger charge is -2.28. The standard InChI is InChI=1S/C15H19N3O2/c1-17-7-8-20-15(10-17)14(19)9-12-11-5-3-4-6-13(11)18(2)16-12/h3-6,15H,7-10H2,1-2H3. The minimum absolute atomic E-state index is 0.111. The zero-order chi connectivity index (χ0) is 14.1. The van der Waals surface area contributed by atoms with Crippen molar-refractivity contribution in [1.29, 1.82) is 0 Å². The van der Waals surface area contributed by atoms with Gasteiger partial charge in [-0.2, -0.15) is 5.10 Å². The molecule has 0 aliphatic carbocycles. The molecule has 1 aliphatic heterocycles. The van der Waals surface area contributed by atoms with Crippen molar-refractivity contribution in [3.63, 3.8) is 0 Å². The monoisotopic (exact) mass is 273 g/mol. The number of ether oxygens (including phenoxy) is 1. The molecule has 0 amide bonds. The lowest BCUT2D eigenvalue weighted by molar-refractivity contribution is -0.134. The van der Waals surface area contributed by atoms with Crippen LogP contribution in [0, 0.1) is 0 Å². The van der Waals surface area contributed by atoms with E-state index >= 15 is 0 Å². The third-order valence-electron chi connectivity index (χ3n) is 3.80. The van der Waals surface area contributed by atoms with Gasteiger partial charge in [-0.1, -0.05) is 18.2 Å². The summed E-state index contributed by atoms with van der Waals surface area (Å²) in [7, 11) is 3.92. The highest BCUT2D eigenvalue weighted by Gasteiger charge is 2.26. The average Bonchev–Trinajstić information content (AvgIpc) is 2.76. The quantitative estimate of drug-likeness (QED) is 0.837. The van der Waals surface area contributed by atoms with E-state index in [4.69, 9.17) is 4.74 Å². The Morgan fingerprint density at radius 1 is 1.40 bits per heavy atom. The van der Waals surface area contributed by atoms with Crippen molar-refractivity contribution in [2.45, 2.75) is 12.5 Å². The molecule has 1 fully saturated rings. The summed E-state index contributed by atoms with van der Waals surface area (Å²) >= 11 is 0. The minimum Gasteiger partial charge on any atom is -0.368 e. The van der Waals surface area contributed by atoms with Crippen molar-refractivity contribution in [3.8, 4) is 0 Å². The molecule has 5 heteroatoms. The van der Waals surface area contributed by atoms with Gasteiger partial charge in [0.25, 0.3) is 0 Å². The third-order valence-corrected chi connectivity index (χ3v) is 3.80. The van der Waals surface area contributed by atoms with E-state index in [2.05, 4.69) is 10.00 Å². The fourth-order valence-corrected chi connectivity index (χ4v) is 2.67. The molecule has 1 atom stereocenters. The van der Waals surface area contributed by atoms with Crippen LogP contribution in [0.15, 0.2) is 24.3 Å². The summed E-state index contributed by atoms with van der Waals surface area (Å²) in [5.41, 5.74) is 1.89. The van der Waals surface area contributed by atoms with Gasteiger partial charge in [-0.15, -0.1) is 0 Å². The van der Waals surface area contributed by atoms with Gasteiger partial charge in [0, 0.05) is 25.5 Å². The van der Waals surface area contributed by atoms with Crippen LogP contribution in [0.4, 0.5) is 0 Å². The van der Waals surface area contributed by atoms with E-state index in [1.807, 2.05) is 43.0 Å². The van der Waals surface area contributed by atoms with Gasteiger partial charge in [-0.3, -0.25) is 9.48 Å². The Hall–Kier alpha value is -1.72. The molecule has 0 bridgehead atoms. The topological polar surface area (TPSA) is 47.4 Å². The van der Waals surface area contributed by atoms with Crippen LogP contribution < -0.4 is 0 Å². The number of fused-ring (bicyclic) bond motifs is 1. The molecule has 0 spiro atoms. The molecule has 5 nitrogen and oxygen atoms in total. The molecule has 1 aromatic heterocycles. The zero-order valence-corrected chi connectivity index (χ0v) is 11.9. The third kappa shape index (κ3) is 2.46. The van der Waals surface area contributed by atoms with Crippen LogP contribution in [0.3, 0.4) is 0 Å². The summed E-state index contributed by atoms with van der Waals surface area (Å²) < 4.78 is 7.40. The van der Waals surface area contributed by atoms with E-state index in [1.54, 1.807) is 0 Å². The molecule has 0 N–H and O–H groups in total. The zero-order valence-electron chi connectivity index (χ0n) is 11.9. The summed E-state index contributed by atoms with van der Waals surface area (Å²) in [6.45, 7) is 2.18. The van der Waals surface area contributed by atoms with Gasteiger partial charge in [0.05, 0.1) is 24.2 Å². The van der Waals surface area contributed by atoms with Crippen molar-refractivity contribution in [1.82, 2.24) is 14.7 Å². The van der Waals surface area contributed by atoms with Crippen molar-refractivity contribution in [2.24, 2.45) is 7.05 Å². The van der Waals surface area contributed by atoms with E-state index in [1.165, 1.54) is 0 Å². The van der Waals surface area contributed by atoms with Crippen LogP contribution in [-0.2, 0) is 23.0 Å². The predicted octanol–water partition coefficient (Wildman–Crippen LogP) is 1.02. The first-order valence-electron chi connectivity index (χ1n) is 6.88. The molecule has 1 unspecified atom stereocenters. The lowest BCUT2D eigenvalue weighted by Crippen LogP contribution is -2.44.